The highest BCUT2D eigenvalue weighted by Gasteiger charge is 2.41. The topological polar surface area (TPSA) is 70.0 Å². The van der Waals surface area contributed by atoms with Crippen LogP contribution in [0.15, 0.2) is 60.7 Å². The largest absolute Gasteiger partial charge is 0.471 e. The van der Waals surface area contributed by atoms with Crippen LogP contribution < -0.4 is 0 Å². The Balaban J connectivity index is 1.85. The minimum Gasteiger partial charge on any atom is -0.303 e. The lowest BCUT2D eigenvalue weighted by molar-refractivity contribution is -0.0895. The molecular weight excluding hydrogens is 421 g/mol. The Morgan fingerprint density at radius 1 is 1.00 bits per heavy atom. The van der Waals surface area contributed by atoms with E-state index in [4.69, 9.17) is 4.52 Å². The summed E-state index contributed by atoms with van der Waals surface area (Å²) in [7, 11) is -1.10. The van der Waals surface area contributed by atoms with Crippen molar-refractivity contribution in [1.29, 1.82) is 0 Å². The highest BCUT2D eigenvalue weighted by molar-refractivity contribution is 7.46. The van der Waals surface area contributed by atoms with E-state index in [-0.39, 0.29) is 0 Å². The van der Waals surface area contributed by atoms with E-state index in [0.717, 1.165) is 36.8 Å². The average molecular weight is 456 g/mol. The summed E-state index contributed by atoms with van der Waals surface area (Å²) < 4.78 is 17.5. The Morgan fingerprint density at radius 2 is 1.75 bits per heavy atom. The monoisotopic (exact) mass is 455 g/mol. The molecule has 1 atom stereocenters. The number of phosphoric acid groups is 1. The number of fused-ring (bicyclic) bond motifs is 1. The van der Waals surface area contributed by atoms with Crippen LogP contribution in [0.3, 0.4) is 0 Å². The van der Waals surface area contributed by atoms with Gasteiger partial charge in [-0.25, -0.2) is 4.57 Å². The van der Waals surface area contributed by atoms with Crippen LogP contribution in [0, 0.1) is 6.92 Å². The molecule has 0 amide bonds. The molecule has 5 nitrogen and oxygen atoms in total. The molecule has 0 spiro atoms. The molecule has 0 aliphatic heterocycles. The van der Waals surface area contributed by atoms with Crippen molar-refractivity contribution in [2.24, 2.45) is 0 Å². The lowest BCUT2D eigenvalue weighted by atomic mass is 9.91. The second-order valence-electron chi connectivity index (χ2n) is 8.60. The maximum absolute atomic E-state index is 12.0. The van der Waals surface area contributed by atoms with Gasteiger partial charge in [0.2, 0.25) is 0 Å². The van der Waals surface area contributed by atoms with Gasteiger partial charge in [-0.05, 0) is 86.1 Å². The molecule has 1 unspecified atom stereocenters. The third-order valence-electron chi connectivity index (χ3n) is 6.25. The second kappa shape index (κ2) is 10.3. The summed E-state index contributed by atoms with van der Waals surface area (Å²) in [5.74, 6) is 0. The van der Waals surface area contributed by atoms with Crippen LogP contribution in [-0.2, 0) is 27.7 Å². The number of phosphoric ester groups is 1. The van der Waals surface area contributed by atoms with E-state index < -0.39 is 13.5 Å². The van der Waals surface area contributed by atoms with Crippen molar-refractivity contribution >= 4 is 18.6 Å². The molecular formula is C26H34NO4P. The molecule has 0 radical (unpaired) electrons. The number of benzene rings is 3. The maximum atomic E-state index is 12.0. The van der Waals surface area contributed by atoms with Crippen molar-refractivity contribution in [2.45, 2.75) is 51.7 Å². The molecule has 0 aliphatic carbocycles. The van der Waals surface area contributed by atoms with Crippen LogP contribution in [0.5, 0.6) is 0 Å². The van der Waals surface area contributed by atoms with Gasteiger partial charge in [-0.1, -0.05) is 67.6 Å². The molecule has 0 heterocycles. The number of hydrogen-bond acceptors (Lipinski definition) is 3. The van der Waals surface area contributed by atoms with Crippen molar-refractivity contribution in [2.75, 3.05) is 14.1 Å². The van der Waals surface area contributed by atoms with Gasteiger partial charge in [-0.15, -0.1) is 0 Å². The zero-order chi connectivity index (χ0) is 23.4. The number of hydrogen-bond donors (Lipinski definition) is 2. The molecule has 6 heteroatoms. The van der Waals surface area contributed by atoms with Crippen LogP contribution in [0.4, 0.5) is 0 Å². The van der Waals surface area contributed by atoms with Crippen molar-refractivity contribution < 1.29 is 18.9 Å². The predicted molar refractivity (Wildman–Crippen MR) is 131 cm³/mol. The highest BCUT2D eigenvalue weighted by atomic mass is 31.2. The van der Waals surface area contributed by atoms with Gasteiger partial charge in [0, 0.05) is 0 Å². The Hall–Kier alpha value is -2.01. The fourth-order valence-corrected chi connectivity index (χ4v) is 5.23. The van der Waals surface area contributed by atoms with Gasteiger partial charge in [0.05, 0.1) is 0 Å². The van der Waals surface area contributed by atoms with Crippen LogP contribution in [0.2, 0.25) is 0 Å². The molecule has 172 valence electrons. The number of unbranched alkanes of at least 4 members (excludes halogenated alkanes) is 1. The minimum absolute atomic E-state index is 0.474. The first kappa shape index (κ1) is 24.6. The first-order valence-corrected chi connectivity index (χ1v) is 12.7. The Morgan fingerprint density at radius 3 is 2.44 bits per heavy atom. The normalized spacial score (nSPS) is 14.1. The highest BCUT2D eigenvalue weighted by Crippen LogP contribution is 2.49. The molecule has 0 saturated carbocycles. The van der Waals surface area contributed by atoms with Gasteiger partial charge in [-0.2, -0.15) is 0 Å². The van der Waals surface area contributed by atoms with E-state index in [1.165, 1.54) is 21.9 Å². The fourth-order valence-electron chi connectivity index (χ4n) is 4.48. The van der Waals surface area contributed by atoms with Crippen molar-refractivity contribution in [3.63, 3.8) is 0 Å². The molecule has 0 bridgehead atoms. The van der Waals surface area contributed by atoms with Crippen molar-refractivity contribution in [3.05, 3.63) is 82.9 Å². The second-order valence-corrected chi connectivity index (χ2v) is 9.77. The average Bonchev–Trinajstić information content (AvgIpc) is 2.76. The van der Waals surface area contributed by atoms with Gasteiger partial charge < -0.3 is 9.79 Å². The Bertz CT molecular complexity index is 1110. The summed E-state index contributed by atoms with van der Waals surface area (Å²) in [5.41, 5.74) is 3.28. The van der Waals surface area contributed by atoms with Crippen LogP contribution in [-0.4, -0.2) is 28.8 Å². The summed E-state index contributed by atoms with van der Waals surface area (Å²) in [6.45, 7) is 4.20. The van der Waals surface area contributed by atoms with E-state index in [2.05, 4.69) is 50.2 Å². The minimum atomic E-state index is -4.72. The van der Waals surface area contributed by atoms with Crippen LogP contribution in [0.25, 0.3) is 10.8 Å². The summed E-state index contributed by atoms with van der Waals surface area (Å²) in [4.78, 5) is 21.3. The number of aryl methyl sites for hydroxylation is 3. The quantitative estimate of drug-likeness (QED) is 0.225. The molecule has 3 rings (SSSR count). The molecule has 0 aromatic heterocycles. The summed E-state index contributed by atoms with van der Waals surface area (Å²) >= 11 is 0. The first-order chi connectivity index (χ1) is 15.2. The zero-order valence-electron chi connectivity index (χ0n) is 19.4. The molecule has 2 N–H and O–H groups in total. The number of nitrogens with zero attached hydrogens (tertiary/aromatic N) is 1. The lowest BCUT2D eigenvalue weighted by Crippen LogP contribution is -2.43. The standard InChI is InChI=1S/C26H34NO4P/c1-5-21-11-10-13-23(19-21)26(27(3)4,31-32(28,29)30)18-9-8-14-24-20(2)16-17-22-12-6-7-15-25(22)24/h6-7,10-13,15-17,19H,5,8-9,14,18H2,1-4H3,(H2,28,29,30). The smallest absolute Gasteiger partial charge is 0.303 e. The van der Waals surface area contributed by atoms with E-state index >= 15 is 0 Å². The van der Waals surface area contributed by atoms with Gasteiger partial charge in [0.15, 0.2) is 5.72 Å². The number of rotatable bonds is 10. The SMILES string of the molecule is CCc1cccc(C(CCCCc2c(C)ccc3ccccc23)(OP(=O)(O)O)N(C)C)c1. The van der Waals surface area contributed by atoms with Gasteiger partial charge in [0.1, 0.15) is 0 Å². The molecule has 3 aromatic rings. The first-order valence-electron chi connectivity index (χ1n) is 11.2. The Kier molecular flexibility index (Phi) is 7.92. The molecule has 0 aliphatic rings. The Labute approximate surface area is 191 Å². The third kappa shape index (κ3) is 5.67. The maximum Gasteiger partial charge on any atom is 0.471 e. The molecule has 32 heavy (non-hydrogen) atoms. The van der Waals surface area contributed by atoms with Gasteiger partial charge >= 0.3 is 7.82 Å². The predicted octanol–water partition coefficient (Wildman–Crippen LogP) is 5.95. The van der Waals surface area contributed by atoms with Crippen LogP contribution >= 0.6 is 7.82 Å². The third-order valence-corrected chi connectivity index (χ3v) is 6.79. The van der Waals surface area contributed by atoms with E-state index in [0.29, 0.717) is 6.42 Å². The molecule has 0 fully saturated rings. The van der Waals surface area contributed by atoms with Crippen molar-refractivity contribution in [1.82, 2.24) is 4.90 Å². The summed E-state index contributed by atoms with van der Waals surface area (Å²) in [5, 5.41) is 2.51. The summed E-state index contributed by atoms with van der Waals surface area (Å²) in [6, 6.07) is 20.6. The van der Waals surface area contributed by atoms with Crippen molar-refractivity contribution in [3.8, 4) is 0 Å². The zero-order valence-corrected chi connectivity index (χ0v) is 20.3. The fraction of sp³-hybridized carbons (Fsp3) is 0.385. The lowest BCUT2D eigenvalue weighted by Gasteiger charge is -2.40. The van der Waals surface area contributed by atoms with E-state index in [9.17, 15) is 14.4 Å². The molecule has 3 aromatic carbocycles. The van der Waals surface area contributed by atoms with Gasteiger partial charge in [0.25, 0.3) is 0 Å². The van der Waals surface area contributed by atoms with E-state index in [1.54, 1.807) is 4.90 Å². The molecule has 0 saturated heterocycles. The summed E-state index contributed by atoms with van der Waals surface area (Å²) in [6.07, 6.45) is 3.87. The van der Waals surface area contributed by atoms with Crippen LogP contribution in [0.1, 0.15) is 48.4 Å². The van der Waals surface area contributed by atoms with E-state index in [1.807, 2.05) is 38.4 Å². The van der Waals surface area contributed by atoms with Gasteiger partial charge in [-0.3, -0.25) is 9.42 Å².